The highest BCUT2D eigenvalue weighted by Crippen LogP contribution is 2.16. The first-order valence-corrected chi connectivity index (χ1v) is 31.4. The van der Waals surface area contributed by atoms with E-state index < -0.39 is 6.10 Å². The van der Waals surface area contributed by atoms with Crippen LogP contribution in [0.15, 0.2) is 72.9 Å². The van der Waals surface area contributed by atoms with Gasteiger partial charge < -0.3 is 14.2 Å². The number of carbonyl (C=O) groups is 3. The normalized spacial score (nSPS) is 12.5. The van der Waals surface area contributed by atoms with Gasteiger partial charge in [-0.05, 0) is 96.3 Å². The third kappa shape index (κ3) is 59.6. The van der Waals surface area contributed by atoms with Gasteiger partial charge in [0.05, 0.1) is 0 Å². The van der Waals surface area contributed by atoms with Crippen molar-refractivity contribution < 1.29 is 28.6 Å². The lowest BCUT2D eigenvalue weighted by atomic mass is 10.1. The summed E-state index contributed by atoms with van der Waals surface area (Å²) in [6.07, 6.45) is 79.1. The van der Waals surface area contributed by atoms with E-state index in [1.165, 1.54) is 180 Å². The molecule has 0 spiro atoms. The average Bonchev–Trinajstić information content (AvgIpc) is 3.39. The van der Waals surface area contributed by atoms with Crippen LogP contribution in [0.25, 0.3) is 0 Å². The number of hydrogen-bond donors (Lipinski definition) is 0. The molecule has 0 heterocycles. The molecule has 0 saturated carbocycles. The molecule has 0 radical (unpaired) electrons. The highest BCUT2D eigenvalue weighted by molar-refractivity contribution is 5.71. The Hall–Kier alpha value is -3.15. The summed E-state index contributed by atoms with van der Waals surface area (Å²) in [4.78, 5) is 38.2. The minimum Gasteiger partial charge on any atom is -0.462 e. The molecule has 0 aromatic rings. The topological polar surface area (TPSA) is 78.9 Å². The molecular weight excluding hydrogens is 901 g/mol. The van der Waals surface area contributed by atoms with Crippen molar-refractivity contribution in [2.45, 2.75) is 322 Å². The molecule has 0 rings (SSSR count). The van der Waals surface area contributed by atoms with E-state index in [0.717, 1.165) is 96.3 Å². The van der Waals surface area contributed by atoms with Crippen LogP contribution in [0.5, 0.6) is 0 Å². The second-order valence-electron chi connectivity index (χ2n) is 21.0. The number of unbranched alkanes of at least 4 members (excludes halogenated alkanes) is 34. The fourth-order valence-corrected chi connectivity index (χ4v) is 8.93. The minimum atomic E-state index is -0.781. The van der Waals surface area contributed by atoms with Gasteiger partial charge in [0, 0.05) is 19.3 Å². The molecule has 73 heavy (non-hydrogen) atoms. The van der Waals surface area contributed by atoms with Crippen molar-refractivity contribution in [2.24, 2.45) is 0 Å². The maximum Gasteiger partial charge on any atom is 0.306 e. The molecule has 0 aliphatic carbocycles. The Morgan fingerprint density at radius 1 is 0.274 bits per heavy atom. The van der Waals surface area contributed by atoms with Gasteiger partial charge in [-0.1, -0.05) is 273 Å². The first-order valence-electron chi connectivity index (χ1n) is 31.4. The Morgan fingerprint density at radius 2 is 0.493 bits per heavy atom. The molecule has 0 aromatic heterocycles. The maximum atomic E-state index is 12.9. The van der Waals surface area contributed by atoms with Crippen LogP contribution >= 0.6 is 0 Å². The summed E-state index contributed by atoms with van der Waals surface area (Å²) in [6, 6.07) is 0. The molecule has 1 atom stereocenters. The molecule has 0 bridgehead atoms. The lowest BCUT2D eigenvalue weighted by Crippen LogP contribution is -2.30. The Bertz CT molecular complexity index is 1360. The van der Waals surface area contributed by atoms with Gasteiger partial charge in [-0.15, -0.1) is 0 Å². The van der Waals surface area contributed by atoms with Gasteiger partial charge in [0.2, 0.25) is 0 Å². The molecule has 0 saturated heterocycles. The van der Waals surface area contributed by atoms with Crippen molar-refractivity contribution in [1.29, 1.82) is 0 Å². The van der Waals surface area contributed by atoms with Gasteiger partial charge in [-0.3, -0.25) is 14.4 Å². The fraction of sp³-hybridized carbons (Fsp3) is 0.776. The number of rotatable bonds is 57. The predicted molar refractivity (Wildman–Crippen MR) is 316 cm³/mol. The van der Waals surface area contributed by atoms with Crippen molar-refractivity contribution in [2.75, 3.05) is 13.2 Å². The molecule has 0 aromatic carbocycles. The molecule has 0 N–H and O–H groups in total. The molecule has 1 unspecified atom stereocenters. The monoisotopic (exact) mass is 1020 g/mol. The Balaban J connectivity index is 4.26. The zero-order valence-electron chi connectivity index (χ0n) is 48.4. The van der Waals surface area contributed by atoms with E-state index >= 15 is 0 Å². The summed E-state index contributed by atoms with van der Waals surface area (Å²) in [5.74, 6) is -0.885. The average molecular weight is 1020 g/mol. The largest absolute Gasteiger partial charge is 0.462 e. The third-order valence-corrected chi connectivity index (χ3v) is 13.7. The van der Waals surface area contributed by atoms with Gasteiger partial charge in [0.25, 0.3) is 0 Å². The summed E-state index contributed by atoms with van der Waals surface area (Å²) >= 11 is 0. The fourth-order valence-electron chi connectivity index (χ4n) is 8.93. The van der Waals surface area contributed by atoms with Crippen molar-refractivity contribution >= 4 is 17.9 Å². The highest BCUT2D eigenvalue weighted by atomic mass is 16.6. The van der Waals surface area contributed by atoms with E-state index in [4.69, 9.17) is 14.2 Å². The standard InChI is InChI=1S/C67H118O6/c1-4-7-10-13-16-19-21-23-25-27-29-31-33-35-37-39-41-43-45-48-51-54-57-60-66(69)72-63-64(62-71-65(68)59-56-53-50-47-18-15-12-9-6-3)73-67(70)61-58-55-52-49-46-44-42-40-38-36-34-32-30-28-26-24-22-20-17-14-11-8-5-2/h21-24,27-30,33-36,64H,4-20,25-26,31-32,37-63H2,1-3H3/b23-21-,24-22-,29-27-,30-28-,35-33-,36-34-. The van der Waals surface area contributed by atoms with Crippen LogP contribution in [0, 0.1) is 0 Å². The quantitative estimate of drug-likeness (QED) is 0.0261. The molecular formula is C67H118O6. The van der Waals surface area contributed by atoms with Crippen LogP contribution in [-0.4, -0.2) is 37.2 Å². The van der Waals surface area contributed by atoms with Crippen LogP contribution in [-0.2, 0) is 28.6 Å². The van der Waals surface area contributed by atoms with Crippen molar-refractivity contribution in [1.82, 2.24) is 0 Å². The van der Waals surface area contributed by atoms with E-state index in [0.29, 0.717) is 19.3 Å². The number of esters is 3. The summed E-state index contributed by atoms with van der Waals surface area (Å²) in [6.45, 7) is 6.61. The highest BCUT2D eigenvalue weighted by Gasteiger charge is 2.19. The smallest absolute Gasteiger partial charge is 0.306 e. The third-order valence-electron chi connectivity index (χ3n) is 13.7. The van der Waals surface area contributed by atoms with Crippen LogP contribution in [0.3, 0.4) is 0 Å². The van der Waals surface area contributed by atoms with Crippen molar-refractivity contribution in [3.8, 4) is 0 Å². The van der Waals surface area contributed by atoms with E-state index in [9.17, 15) is 14.4 Å². The molecule has 6 nitrogen and oxygen atoms in total. The van der Waals surface area contributed by atoms with Crippen molar-refractivity contribution in [3.05, 3.63) is 72.9 Å². The van der Waals surface area contributed by atoms with Gasteiger partial charge in [-0.2, -0.15) is 0 Å². The number of carbonyl (C=O) groups excluding carboxylic acids is 3. The summed E-state index contributed by atoms with van der Waals surface area (Å²) < 4.78 is 16.9. The summed E-state index contributed by atoms with van der Waals surface area (Å²) in [5.41, 5.74) is 0. The lowest BCUT2D eigenvalue weighted by molar-refractivity contribution is -0.167. The Labute approximate surface area is 453 Å². The number of hydrogen-bond acceptors (Lipinski definition) is 6. The van der Waals surface area contributed by atoms with Crippen LogP contribution in [0.4, 0.5) is 0 Å². The van der Waals surface area contributed by atoms with E-state index in [2.05, 4.69) is 93.7 Å². The second kappa shape index (κ2) is 61.4. The second-order valence-corrected chi connectivity index (χ2v) is 21.0. The molecule has 0 amide bonds. The van der Waals surface area contributed by atoms with E-state index in [-0.39, 0.29) is 31.1 Å². The van der Waals surface area contributed by atoms with Crippen molar-refractivity contribution in [3.63, 3.8) is 0 Å². The predicted octanol–water partition coefficient (Wildman–Crippen LogP) is 21.3. The molecule has 6 heteroatoms. The van der Waals surface area contributed by atoms with Gasteiger partial charge in [0.15, 0.2) is 6.10 Å². The van der Waals surface area contributed by atoms with Crippen LogP contribution in [0.2, 0.25) is 0 Å². The van der Waals surface area contributed by atoms with Crippen LogP contribution in [0.1, 0.15) is 316 Å². The zero-order valence-corrected chi connectivity index (χ0v) is 48.4. The number of ether oxygens (including phenoxy) is 3. The summed E-state index contributed by atoms with van der Waals surface area (Å²) in [5, 5.41) is 0. The molecule has 0 aliphatic rings. The maximum absolute atomic E-state index is 12.9. The number of allylic oxidation sites excluding steroid dienone is 12. The Morgan fingerprint density at radius 3 is 0.767 bits per heavy atom. The first kappa shape index (κ1) is 69.8. The summed E-state index contributed by atoms with van der Waals surface area (Å²) in [7, 11) is 0. The molecule has 0 aliphatic heterocycles. The SMILES string of the molecule is CCCCCCC/C=C\C/C=C\C/C=C\CCCCCCCCCCC(=O)OCC(COC(=O)CCCCCCCCCCC)OC(=O)CCCCCCCCCC/C=C\C/C=C\C/C=C\CCCCCCC. The van der Waals surface area contributed by atoms with Crippen LogP contribution < -0.4 is 0 Å². The Kier molecular flexibility index (Phi) is 58.7. The molecule has 422 valence electrons. The first-order chi connectivity index (χ1) is 36.0. The molecule has 0 fully saturated rings. The van der Waals surface area contributed by atoms with Gasteiger partial charge >= 0.3 is 17.9 Å². The minimum absolute atomic E-state index is 0.0790. The van der Waals surface area contributed by atoms with E-state index in [1.807, 2.05) is 0 Å². The zero-order chi connectivity index (χ0) is 52.9. The van der Waals surface area contributed by atoms with Gasteiger partial charge in [-0.25, -0.2) is 0 Å². The lowest BCUT2D eigenvalue weighted by Gasteiger charge is -2.18. The van der Waals surface area contributed by atoms with E-state index in [1.54, 1.807) is 0 Å². The van der Waals surface area contributed by atoms with Gasteiger partial charge in [0.1, 0.15) is 13.2 Å².